The van der Waals surface area contributed by atoms with Gasteiger partial charge in [-0.2, -0.15) is 0 Å². The first-order chi connectivity index (χ1) is 7.33. The van der Waals surface area contributed by atoms with Crippen molar-refractivity contribution in [2.45, 2.75) is 13.3 Å². The zero-order chi connectivity index (χ0) is 10.7. The lowest BCUT2D eigenvalue weighted by molar-refractivity contribution is 0.0701. The molecular formula is C14H18O. The van der Waals surface area contributed by atoms with Crippen LogP contribution in [0.3, 0.4) is 0 Å². The summed E-state index contributed by atoms with van der Waals surface area (Å²) in [5, 5.41) is 9.76. The van der Waals surface area contributed by atoms with Gasteiger partial charge in [0, 0.05) is 17.3 Å². The molecule has 0 amide bonds. The topological polar surface area (TPSA) is 20.2 Å². The SMILES string of the molecule is CCC(CO)(C1C=CC=C1)C1C=CC=C1. The van der Waals surface area contributed by atoms with E-state index in [0.717, 1.165) is 6.42 Å². The summed E-state index contributed by atoms with van der Waals surface area (Å²) < 4.78 is 0. The molecule has 15 heavy (non-hydrogen) atoms. The molecule has 0 radical (unpaired) electrons. The van der Waals surface area contributed by atoms with Crippen LogP contribution in [-0.4, -0.2) is 11.7 Å². The number of hydrogen-bond acceptors (Lipinski definition) is 1. The Morgan fingerprint density at radius 2 is 1.33 bits per heavy atom. The van der Waals surface area contributed by atoms with E-state index < -0.39 is 0 Å². The van der Waals surface area contributed by atoms with Gasteiger partial charge in [0.2, 0.25) is 0 Å². The van der Waals surface area contributed by atoms with Gasteiger partial charge in [-0.15, -0.1) is 0 Å². The summed E-state index contributed by atoms with van der Waals surface area (Å²) in [6.07, 6.45) is 18.1. The van der Waals surface area contributed by atoms with Crippen molar-refractivity contribution in [3.05, 3.63) is 48.6 Å². The van der Waals surface area contributed by atoms with E-state index in [4.69, 9.17) is 0 Å². The first-order valence-electron chi connectivity index (χ1n) is 5.64. The molecule has 2 aliphatic rings. The van der Waals surface area contributed by atoms with Crippen molar-refractivity contribution in [1.82, 2.24) is 0 Å². The monoisotopic (exact) mass is 202 g/mol. The van der Waals surface area contributed by atoms with Gasteiger partial charge in [0.25, 0.3) is 0 Å². The predicted octanol–water partition coefficient (Wildman–Crippen LogP) is 2.86. The Morgan fingerprint density at radius 1 is 0.933 bits per heavy atom. The minimum atomic E-state index is -0.0486. The van der Waals surface area contributed by atoms with Crippen LogP contribution in [0.5, 0.6) is 0 Å². The Hall–Kier alpha value is -1.08. The van der Waals surface area contributed by atoms with E-state index in [2.05, 4.69) is 55.5 Å². The van der Waals surface area contributed by atoms with Crippen LogP contribution in [0, 0.1) is 17.3 Å². The average Bonchev–Trinajstić information content (AvgIpc) is 2.92. The van der Waals surface area contributed by atoms with Crippen LogP contribution in [0.4, 0.5) is 0 Å². The second-order valence-electron chi connectivity index (χ2n) is 4.34. The van der Waals surface area contributed by atoms with Gasteiger partial charge >= 0.3 is 0 Å². The Labute approximate surface area is 91.5 Å². The molecule has 0 bridgehead atoms. The van der Waals surface area contributed by atoms with E-state index in [-0.39, 0.29) is 12.0 Å². The fourth-order valence-electron chi connectivity index (χ4n) is 2.65. The lowest BCUT2D eigenvalue weighted by Gasteiger charge is -2.39. The fourth-order valence-corrected chi connectivity index (χ4v) is 2.65. The van der Waals surface area contributed by atoms with Crippen molar-refractivity contribution in [2.75, 3.05) is 6.61 Å². The molecule has 0 spiro atoms. The number of rotatable bonds is 4. The summed E-state index contributed by atoms with van der Waals surface area (Å²) >= 11 is 0. The van der Waals surface area contributed by atoms with Crippen LogP contribution in [0.1, 0.15) is 13.3 Å². The molecule has 2 rings (SSSR count). The van der Waals surface area contributed by atoms with E-state index in [1.165, 1.54) is 0 Å². The molecule has 0 aromatic rings. The maximum absolute atomic E-state index is 9.76. The van der Waals surface area contributed by atoms with Crippen molar-refractivity contribution < 1.29 is 5.11 Å². The summed E-state index contributed by atoms with van der Waals surface area (Å²) in [5.74, 6) is 0.731. The predicted molar refractivity (Wildman–Crippen MR) is 63.3 cm³/mol. The first-order valence-corrected chi connectivity index (χ1v) is 5.64. The smallest absolute Gasteiger partial charge is 0.0504 e. The van der Waals surface area contributed by atoms with Crippen molar-refractivity contribution in [3.63, 3.8) is 0 Å². The molecule has 0 heterocycles. The molecule has 0 saturated carbocycles. The fraction of sp³-hybridized carbons (Fsp3) is 0.429. The van der Waals surface area contributed by atoms with Gasteiger partial charge in [0.05, 0.1) is 6.61 Å². The Kier molecular flexibility index (Phi) is 2.92. The third kappa shape index (κ3) is 1.61. The zero-order valence-corrected chi connectivity index (χ0v) is 9.13. The van der Waals surface area contributed by atoms with Gasteiger partial charge in [-0.05, 0) is 6.42 Å². The molecule has 0 atom stereocenters. The Bertz CT molecular complexity index is 275. The highest BCUT2D eigenvalue weighted by molar-refractivity contribution is 5.28. The van der Waals surface area contributed by atoms with Crippen LogP contribution >= 0.6 is 0 Å². The number of allylic oxidation sites excluding steroid dienone is 8. The third-order valence-electron chi connectivity index (χ3n) is 3.78. The number of hydrogen-bond donors (Lipinski definition) is 1. The maximum atomic E-state index is 9.76. The summed E-state index contributed by atoms with van der Waals surface area (Å²) in [4.78, 5) is 0. The second-order valence-corrected chi connectivity index (χ2v) is 4.34. The third-order valence-corrected chi connectivity index (χ3v) is 3.78. The van der Waals surface area contributed by atoms with Gasteiger partial charge in [-0.3, -0.25) is 0 Å². The summed E-state index contributed by atoms with van der Waals surface area (Å²) in [7, 11) is 0. The zero-order valence-electron chi connectivity index (χ0n) is 9.13. The largest absolute Gasteiger partial charge is 0.396 e. The Balaban J connectivity index is 2.29. The lowest BCUT2D eigenvalue weighted by atomic mass is 9.66. The highest BCUT2D eigenvalue weighted by Gasteiger charge is 2.40. The standard InChI is InChI=1S/C14H18O/c1-2-14(11-15,12-7-3-4-8-12)13-9-5-6-10-13/h3-10,12-13,15H,2,11H2,1H3. The normalized spacial score (nSPS) is 20.9. The molecule has 1 heteroatoms. The van der Waals surface area contributed by atoms with Gasteiger partial charge in [0.15, 0.2) is 0 Å². The maximum Gasteiger partial charge on any atom is 0.0504 e. The van der Waals surface area contributed by atoms with Gasteiger partial charge in [0.1, 0.15) is 0 Å². The van der Waals surface area contributed by atoms with Crippen LogP contribution in [0.25, 0.3) is 0 Å². The van der Waals surface area contributed by atoms with Crippen molar-refractivity contribution >= 4 is 0 Å². The first kappa shape index (κ1) is 10.4. The van der Waals surface area contributed by atoms with E-state index >= 15 is 0 Å². The molecule has 0 unspecified atom stereocenters. The highest BCUT2D eigenvalue weighted by Crippen LogP contribution is 2.44. The summed E-state index contributed by atoms with van der Waals surface area (Å²) in [6.45, 7) is 2.40. The van der Waals surface area contributed by atoms with Crippen LogP contribution in [-0.2, 0) is 0 Å². The van der Waals surface area contributed by atoms with Crippen LogP contribution in [0.2, 0.25) is 0 Å². The average molecular weight is 202 g/mol. The quantitative estimate of drug-likeness (QED) is 0.743. The molecule has 0 aliphatic heterocycles. The number of aliphatic hydroxyl groups is 1. The molecule has 1 N–H and O–H groups in total. The molecule has 0 saturated heterocycles. The molecule has 1 nitrogen and oxygen atoms in total. The highest BCUT2D eigenvalue weighted by atomic mass is 16.3. The molecule has 80 valence electrons. The van der Waals surface area contributed by atoms with E-state index in [9.17, 15) is 5.11 Å². The second kappa shape index (κ2) is 4.19. The molecule has 2 aliphatic carbocycles. The van der Waals surface area contributed by atoms with Crippen molar-refractivity contribution in [3.8, 4) is 0 Å². The van der Waals surface area contributed by atoms with Gasteiger partial charge in [-0.1, -0.05) is 55.5 Å². The molecule has 0 fully saturated rings. The number of aliphatic hydroxyl groups excluding tert-OH is 1. The summed E-state index contributed by atoms with van der Waals surface area (Å²) in [6, 6.07) is 0. The Morgan fingerprint density at radius 3 is 1.60 bits per heavy atom. The van der Waals surface area contributed by atoms with Crippen molar-refractivity contribution in [2.24, 2.45) is 17.3 Å². The minimum absolute atomic E-state index is 0.0486. The minimum Gasteiger partial charge on any atom is -0.396 e. The van der Waals surface area contributed by atoms with Gasteiger partial charge < -0.3 is 5.11 Å². The molecule has 0 aromatic heterocycles. The van der Waals surface area contributed by atoms with E-state index in [1.54, 1.807) is 0 Å². The molecule has 0 aromatic carbocycles. The van der Waals surface area contributed by atoms with E-state index in [1.807, 2.05) is 0 Å². The van der Waals surface area contributed by atoms with Crippen LogP contribution in [0.15, 0.2) is 48.6 Å². The lowest BCUT2D eigenvalue weighted by Crippen LogP contribution is -2.37. The van der Waals surface area contributed by atoms with Crippen molar-refractivity contribution in [1.29, 1.82) is 0 Å². The van der Waals surface area contributed by atoms with Crippen LogP contribution < -0.4 is 0 Å². The van der Waals surface area contributed by atoms with Gasteiger partial charge in [-0.25, -0.2) is 0 Å². The molecular weight excluding hydrogens is 184 g/mol. The summed E-state index contributed by atoms with van der Waals surface area (Å²) in [5.41, 5.74) is -0.0486. The van der Waals surface area contributed by atoms with E-state index in [0.29, 0.717) is 11.8 Å².